The van der Waals surface area contributed by atoms with Gasteiger partial charge in [-0.05, 0) is 77.2 Å². The second-order valence-electron chi connectivity index (χ2n) is 8.16. The number of allylic oxidation sites excluding steroid dienone is 1. The van der Waals surface area contributed by atoms with E-state index >= 15 is 0 Å². The van der Waals surface area contributed by atoms with Gasteiger partial charge in [-0.25, -0.2) is 0 Å². The van der Waals surface area contributed by atoms with Gasteiger partial charge >= 0.3 is 0 Å². The molecule has 0 fully saturated rings. The summed E-state index contributed by atoms with van der Waals surface area (Å²) in [4.78, 5) is 2.37. The summed E-state index contributed by atoms with van der Waals surface area (Å²) in [6.07, 6.45) is 0.905. The fraction of sp³-hybridized carbons (Fsp3) is 0.310. The maximum absolute atomic E-state index is 6.00. The molecule has 0 saturated heterocycles. The first-order valence-corrected chi connectivity index (χ1v) is 11.7. The Morgan fingerprint density at radius 3 is 2.18 bits per heavy atom. The first-order chi connectivity index (χ1) is 16.2. The largest absolute Gasteiger partial charge is 0.493 e. The topological polar surface area (TPSA) is 30.9 Å². The number of likely N-dealkylation sites (N-methyl/N-ethyl adjacent to an activating group) is 1. The average molecular weight is 444 g/mol. The van der Waals surface area contributed by atoms with Crippen LogP contribution in [0.25, 0.3) is 11.1 Å². The van der Waals surface area contributed by atoms with Gasteiger partial charge in [-0.15, -0.1) is 0 Å². The van der Waals surface area contributed by atoms with Crippen molar-refractivity contribution in [2.45, 2.75) is 20.3 Å². The summed E-state index contributed by atoms with van der Waals surface area (Å²) in [5, 5.41) is 0. The number of nitrogens with zero attached hydrogens (tertiary/aromatic N) is 1. The molecule has 0 aliphatic heterocycles. The summed E-state index contributed by atoms with van der Waals surface area (Å²) >= 11 is 0. The van der Waals surface area contributed by atoms with Crippen molar-refractivity contribution < 1.29 is 14.2 Å². The lowest BCUT2D eigenvalue weighted by molar-refractivity contribution is 0.223. The molecule has 33 heavy (non-hydrogen) atoms. The van der Waals surface area contributed by atoms with Crippen molar-refractivity contribution >= 4 is 11.1 Å². The normalized spacial score (nSPS) is 12.8. The van der Waals surface area contributed by atoms with Crippen molar-refractivity contribution in [3.05, 3.63) is 89.0 Å². The van der Waals surface area contributed by atoms with Gasteiger partial charge in [0.15, 0.2) is 11.5 Å². The highest BCUT2D eigenvalue weighted by Gasteiger charge is 2.24. The molecule has 3 aromatic carbocycles. The second kappa shape index (κ2) is 10.6. The molecule has 0 saturated carbocycles. The molecule has 0 bridgehead atoms. The van der Waals surface area contributed by atoms with Crippen molar-refractivity contribution in [3.8, 4) is 17.2 Å². The standard InChI is InChI=1S/C29H33NO3/c1-5-30(6-2)17-18-33-24-14-11-21(12-15-24)26-19-22-9-7-8-10-25(22)29(26)23-13-16-27(31-3)28(20-23)32-4/h7-16,20H,5-6,17-19H2,1-4H3. The van der Waals surface area contributed by atoms with Crippen LogP contribution in [-0.4, -0.2) is 45.4 Å². The zero-order chi connectivity index (χ0) is 23.2. The third-order valence-electron chi connectivity index (χ3n) is 6.40. The number of hydrogen-bond acceptors (Lipinski definition) is 4. The number of methoxy groups -OCH3 is 2. The Morgan fingerprint density at radius 1 is 0.788 bits per heavy atom. The van der Waals surface area contributed by atoms with Crippen LogP contribution in [0.15, 0.2) is 66.7 Å². The van der Waals surface area contributed by atoms with Crippen LogP contribution in [-0.2, 0) is 6.42 Å². The zero-order valence-electron chi connectivity index (χ0n) is 20.1. The summed E-state index contributed by atoms with van der Waals surface area (Å²) < 4.78 is 17.0. The third-order valence-corrected chi connectivity index (χ3v) is 6.40. The fourth-order valence-corrected chi connectivity index (χ4v) is 4.51. The molecule has 1 aliphatic carbocycles. The Bertz CT molecular complexity index is 1110. The highest BCUT2D eigenvalue weighted by atomic mass is 16.5. The Labute approximate surface area is 197 Å². The monoisotopic (exact) mass is 443 g/mol. The van der Waals surface area contributed by atoms with Crippen LogP contribution in [0.1, 0.15) is 36.1 Å². The molecule has 0 spiro atoms. The minimum Gasteiger partial charge on any atom is -0.493 e. The fourth-order valence-electron chi connectivity index (χ4n) is 4.51. The van der Waals surface area contributed by atoms with E-state index in [9.17, 15) is 0 Å². The number of rotatable bonds is 10. The molecule has 4 nitrogen and oxygen atoms in total. The number of ether oxygens (including phenoxy) is 3. The van der Waals surface area contributed by atoms with E-state index in [1.54, 1.807) is 14.2 Å². The van der Waals surface area contributed by atoms with Gasteiger partial charge in [-0.1, -0.05) is 56.3 Å². The molecule has 0 atom stereocenters. The highest BCUT2D eigenvalue weighted by Crippen LogP contribution is 2.44. The molecule has 0 radical (unpaired) electrons. The van der Waals surface area contributed by atoms with E-state index in [1.807, 2.05) is 6.07 Å². The predicted molar refractivity (Wildman–Crippen MR) is 135 cm³/mol. The van der Waals surface area contributed by atoms with E-state index in [0.29, 0.717) is 6.61 Å². The molecule has 3 aromatic rings. The summed E-state index contributed by atoms with van der Waals surface area (Å²) in [5.74, 6) is 2.39. The van der Waals surface area contributed by atoms with Crippen LogP contribution in [0.5, 0.6) is 17.2 Å². The van der Waals surface area contributed by atoms with E-state index in [-0.39, 0.29) is 0 Å². The van der Waals surface area contributed by atoms with E-state index in [0.717, 1.165) is 48.9 Å². The minimum atomic E-state index is 0.700. The molecule has 172 valence electrons. The van der Waals surface area contributed by atoms with Gasteiger partial charge in [0, 0.05) is 6.54 Å². The van der Waals surface area contributed by atoms with Gasteiger partial charge in [-0.2, -0.15) is 0 Å². The SMILES string of the molecule is CCN(CC)CCOc1ccc(C2=C(c3ccc(OC)c(OC)c3)c3ccccc3C2)cc1. The van der Waals surface area contributed by atoms with Crippen molar-refractivity contribution in [2.24, 2.45) is 0 Å². The van der Waals surface area contributed by atoms with Crippen molar-refractivity contribution in [1.29, 1.82) is 0 Å². The molecule has 0 heterocycles. The number of hydrogen-bond donors (Lipinski definition) is 0. The Morgan fingerprint density at radius 2 is 1.48 bits per heavy atom. The number of fused-ring (bicyclic) bond motifs is 1. The van der Waals surface area contributed by atoms with Crippen molar-refractivity contribution in [1.82, 2.24) is 4.90 Å². The minimum absolute atomic E-state index is 0.700. The van der Waals surface area contributed by atoms with E-state index in [4.69, 9.17) is 14.2 Å². The lowest BCUT2D eigenvalue weighted by Gasteiger charge is -2.18. The van der Waals surface area contributed by atoms with E-state index < -0.39 is 0 Å². The van der Waals surface area contributed by atoms with Crippen LogP contribution in [0.2, 0.25) is 0 Å². The van der Waals surface area contributed by atoms with Gasteiger partial charge < -0.3 is 19.1 Å². The van der Waals surface area contributed by atoms with Crippen molar-refractivity contribution in [2.75, 3.05) is 40.5 Å². The molecule has 4 rings (SSSR count). The van der Waals surface area contributed by atoms with E-state index in [1.165, 1.54) is 27.8 Å². The summed E-state index contributed by atoms with van der Waals surface area (Å²) in [7, 11) is 3.34. The second-order valence-corrected chi connectivity index (χ2v) is 8.16. The van der Waals surface area contributed by atoms with Crippen molar-refractivity contribution in [3.63, 3.8) is 0 Å². The molecule has 0 unspecified atom stereocenters. The smallest absolute Gasteiger partial charge is 0.161 e. The predicted octanol–water partition coefficient (Wildman–Crippen LogP) is 5.94. The van der Waals surface area contributed by atoms with Gasteiger partial charge in [0.1, 0.15) is 12.4 Å². The summed E-state index contributed by atoms with van der Waals surface area (Å²) in [6.45, 7) is 8.10. The first kappa shape index (κ1) is 22.9. The quantitative estimate of drug-likeness (QED) is 0.388. The zero-order valence-corrected chi connectivity index (χ0v) is 20.1. The van der Waals surface area contributed by atoms with Crippen LogP contribution in [0.3, 0.4) is 0 Å². The molecular formula is C29H33NO3. The third kappa shape index (κ3) is 4.91. The van der Waals surface area contributed by atoms with Gasteiger partial charge in [0.25, 0.3) is 0 Å². The maximum Gasteiger partial charge on any atom is 0.161 e. The number of benzene rings is 3. The molecule has 4 heteroatoms. The lowest BCUT2D eigenvalue weighted by Crippen LogP contribution is -2.27. The van der Waals surface area contributed by atoms with Crippen LogP contribution in [0.4, 0.5) is 0 Å². The van der Waals surface area contributed by atoms with Gasteiger partial charge in [0.2, 0.25) is 0 Å². The van der Waals surface area contributed by atoms with E-state index in [2.05, 4.69) is 79.4 Å². The van der Waals surface area contributed by atoms with Gasteiger partial charge in [0.05, 0.1) is 14.2 Å². The molecule has 1 aliphatic rings. The Hall–Kier alpha value is -3.24. The summed E-state index contributed by atoms with van der Waals surface area (Å²) in [6, 6.07) is 23.3. The summed E-state index contributed by atoms with van der Waals surface area (Å²) in [5.41, 5.74) is 7.54. The van der Waals surface area contributed by atoms with Crippen LogP contribution >= 0.6 is 0 Å². The molecule has 0 amide bonds. The maximum atomic E-state index is 6.00. The van der Waals surface area contributed by atoms with Gasteiger partial charge in [-0.3, -0.25) is 0 Å². The molecule has 0 N–H and O–H groups in total. The molecule has 0 aromatic heterocycles. The lowest BCUT2D eigenvalue weighted by atomic mass is 9.94. The van der Waals surface area contributed by atoms with Crippen LogP contribution in [0, 0.1) is 0 Å². The highest BCUT2D eigenvalue weighted by molar-refractivity contribution is 6.04. The first-order valence-electron chi connectivity index (χ1n) is 11.7. The molecular weight excluding hydrogens is 410 g/mol. The van der Waals surface area contributed by atoms with Crippen LogP contribution < -0.4 is 14.2 Å². The average Bonchev–Trinajstić information content (AvgIpc) is 3.26. The Kier molecular flexibility index (Phi) is 7.36. The Balaban J connectivity index is 1.65.